The molecule has 3 aromatic carbocycles. The third kappa shape index (κ3) is 5.96. The minimum Gasteiger partial charge on any atom is -0.507 e. The summed E-state index contributed by atoms with van der Waals surface area (Å²) in [5, 5.41) is 11.1. The molecule has 0 atom stereocenters. The SMILES string of the molecule is COC(=O)c1ccc(Oc2c(C(F)(F)F)oc3c(CN4CCN(c5cccc(Cl)c5)CC4)c(O)ccc3c2=O)cc1. The first-order valence-corrected chi connectivity index (χ1v) is 12.9. The van der Waals surface area contributed by atoms with E-state index < -0.39 is 29.1 Å². The zero-order valence-corrected chi connectivity index (χ0v) is 22.5. The topological polar surface area (TPSA) is 92.5 Å². The summed E-state index contributed by atoms with van der Waals surface area (Å²) in [6, 6.07) is 14.9. The van der Waals surface area contributed by atoms with Crippen molar-refractivity contribution in [3.63, 3.8) is 0 Å². The van der Waals surface area contributed by atoms with E-state index in [-0.39, 0.29) is 40.1 Å². The number of anilines is 1. The summed E-state index contributed by atoms with van der Waals surface area (Å²) >= 11 is 6.10. The maximum Gasteiger partial charge on any atom is 0.453 e. The summed E-state index contributed by atoms with van der Waals surface area (Å²) in [4.78, 5) is 29.1. The average Bonchev–Trinajstić information content (AvgIpc) is 2.95. The lowest BCUT2D eigenvalue weighted by atomic mass is 10.1. The number of phenolic OH excluding ortho intramolecular Hbond substituents is 1. The fraction of sp³-hybridized carbons (Fsp3) is 0.241. The van der Waals surface area contributed by atoms with E-state index in [9.17, 15) is 27.9 Å². The first kappa shape index (κ1) is 28.3. The van der Waals surface area contributed by atoms with Gasteiger partial charge in [0.25, 0.3) is 5.76 Å². The van der Waals surface area contributed by atoms with E-state index in [1.165, 1.54) is 43.5 Å². The monoisotopic (exact) mass is 588 g/mol. The van der Waals surface area contributed by atoms with Crippen LogP contribution in [0.15, 0.2) is 69.9 Å². The Morgan fingerprint density at radius 1 is 1.05 bits per heavy atom. The van der Waals surface area contributed by atoms with Crippen molar-refractivity contribution in [1.29, 1.82) is 0 Å². The standard InChI is InChI=1S/C29H24ClF3N2O6/c1-39-28(38)17-5-7-20(8-6-17)40-26-24(37)21-9-10-23(36)22(25(21)41-27(26)29(31,32)33)16-34-11-13-35(14-12-34)19-4-2-3-18(30)15-19/h2-10,15,36H,11-14,16H2,1H3. The number of hydrogen-bond acceptors (Lipinski definition) is 8. The van der Waals surface area contributed by atoms with Crippen molar-refractivity contribution in [1.82, 2.24) is 4.90 Å². The first-order chi connectivity index (χ1) is 19.5. The fourth-order valence-corrected chi connectivity index (χ4v) is 4.86. The number of nitrogens with zero attached hydrogens (tertiary/aromatic N) is 2. The fourth-order valence-electron chi connectivity index (χ4n) is 4.67. The predicted octanol–water partition coefficient (Wildman–Crippen LogP) is 6.07. The van der Waals surface area contributed by atoms with Gasteiger partial charge in [0.2, 0.25) is 11.2 Å². The highest BCUT2D eigenvalue weighted by Crippen LogP contribution is 2.40. The van der Waals surface area contributed by atoms with Crippen LogP contribution in [0.25, 0.3) is 11.0 Å². The quantitative estimate of drug-likeness (QED) is 0.271. The average molecular weight is 589 g/mol. The molecule has 41 heavy (non-hydrogen) atoms. The Labute approximate surface area is 237 Å². The maximum absolute atomic E-state index is 14.1. The molecule has 0 amide bonds. The molecule has 5 rings (SSSR count). The van der Waals surface area contributed by atoms with Crippen molar-refractivity contribution in [3.8, 4) is 17.2 Å². The van der Waals surface area contributed by atoms with Gasteiger partial charge in [0.05, 0.1) is 23.6 Å². The van der Waals surface area contributed by atoms with E-state index in [4.69, 9.17) is 20.8 Å². The molecular weight excluding hydrogens is 565 g/mol. The lowest BCUT2D eigenvalue weighted by molar-refractivity contribution is -0.154. The second-order valence-electron chi connectivity index (χ2n) is 9.39. The Hall–Kier alpha value is -4.22. The Morgan fingerprint density at radius 2 is 1.76 bits per heavy atom. The zero-order valence-electron chi connectivity index (χ0n) is 21.7. The van der Waals surface area contributed by atoms with Gasteiger partial charge in [-0.25, -0.2) is 4.79 Å². The Morgan fingerprint density at radius 3 is 2.39 bits per heavy atom. The summed E-state index contributed by atoms with van der Waals surface area (Å²) in [5.41, 5.74) is -0.251. The van der Waals surface area contributed by atoms with Crippen molar-refractivity contribution >= 4 is 34.2 Å². The van der Waals surface area contributed by atoms with Crippen LogP contribution < -0.4 is 15.1 Å². The van der Waals surface area contributed by atoms with Crippen LogP contribution in [0.3, 0.4) is 0 Å². The molecule has 0 saturated carbocycles. The van der Waals surface area contributed by atoms with Crippen LogP contribution in [0.4, 0.5) is 18.9 Å². The van der Waals surface area contributed by atoms with E-state index in [0.717, 1.165) is 5.69 Å². The van der Waals surface area contributed by atoms with Crippen molar-refractivity contribution in [3.05, 3.63) is 92.8 Å². The summed E-state index contributed by atoms with van der Waals surface area (Å²) in [6.45, 7) is 2.39. The summed E-state index contributed by atoms with van der Waals surface area (Å²) < 4.78 is 57.7. The van der Waals surface area contributed by atoms with Gasteiger partial charge in [0.1, 0.15) is 17.1 Å². The van der Waals surface area contributed by atoms with E-state index >= 15 is 0 Å². The smallest absolute Gasteiger partial charge is 0.453 e. The summed E-state index contributed by atoms with van der Waals surface area (Å²) in [5.74, 6) is -3.74. The van der Waals surface area contributed by atoms with Crippen molar-refractivity contribution in [2.24, 2.45) is 0 Å². The molecule has 1 saturated heterocycles. The third-order valence-electron chi connectivity index (χ3n) is 6.78. The van der Waals surface area contributed by atoms with E-state index in [1.807, 2.05) is 23.1 Å². The molecule has 1 fully saturated rings. The van der Waals surface area contributed by atoms with Crippen LogP contribution in [0.1, 0.15) is 21.7 Å². The third-order valence-corrected chi connectivity index (χ3v) is 7.01. The number of piperazine rings is 1. The van der Waals surface area contributed by atoms with Crippen LogP contribution in [0.5, 0.6) is 17.2 Å². The highest BCUT2D eigenvalue weighted by Gasteiger charge is 2.41. The number of rotatable bonds is 6. The molecule has 1 aliphatic heterocycles. The number of carbonyl (C=O) groups excluding carboxylic acids is 1. The van der Waals surface area contributed by atoms with Gasteiger partial charge in [0, 0.05) is 43.4 Å². The molecule has 2 heterocycles. The lowest BCUT2D eigenvalue weighted by Crippen LogP contribution is -2.46. The largest absolute Gasteiger partial charge is 0.507 e. The minimum absolute atomic E-state index is 0.0575. The van der Waals surface area contributed by atoms with Gasteiger partial charge in [-0.1, -0.05) is 17.7 Å². The van der Waals surface area contributed by atoms with Crippen LogP contribution in [-0.2, 0) is 17.5 Å². The number of hydrogen-bond donors (Lipinski definition) is 1. The highest BCUT2D eigenvalue weighted by molar-refractivity contribution is 6.30. The molecule has 0 spiro atoms. The van der Waals surface area contributed by atoms with Crippen LogP contribution in [-0.4, -0.2) is 49.3 Å². The van der Waals surface area contributed by atoms with Crippen LogP contribution in [0, 0.1) is 0 Å². The zero-order chi connectivity index (χ0) is 29.3. The second-order valence-corrected chi connectivity index (χ2v) is 9.82. The molecule has 8 nitrogen and oxygen atoms in total. The number of benzene rings is 3. The molecule has 0 bridgehead atoms. The van der Waals surface area contributed by atoms with E-state index in [2.05, 4.69) is 9.64 Å². The number of aromatic hydroxyl groups is 1. The number of ether oxygens (including phenoxy) is 2. The minimum atomic E-state index is -5.08. The Kier molecular flexibility index (Phi) is 7.83. The van der Waals surface area contributed by atoms with Gasteiger partial charge >= 0.3 is 12.1 Å². The van der Waals surface area contributed by atoms with E-state index in [1.54, 1.807) is 6.07 Å². The first-order valence-electron chi connectivity index (χ1n) is 12.5. The molecule has 4 aromatic rings. The van der Waals surface area contributed by atoms with E-state index in [0.29, 0.717) is 31.2 Å². The van der Waals surface area contributed by atoms with Crippen molar-refractivity contribution < 1.29 is 37.0 Å². The molecule has 0 unspecified atom stereocenters. The normalized spacial score (nSPS) is 14.3. The molecular formula is C29H24ClF3N2O6. The number of fused-ring (bicyclic) bond motifs is 1. The Balaban J connectivity index is 1.46. The van der Waals surface area contributed by atoms with Crippen LogP contribution >= 0.6 is 11.6 Å². The predicted molar refractivity (Wildman–Crippen MR) is 146 cm³/mol. The van der Waals surface area contributed by atoms with Gasteiger partial charge in [-0.15, -0.1) is 0 Å². The lowest BCUT2D eigenvalue weighted by Gasteiger charge is -2.36. The van der Waals surface area contributed by atoms with Crippen molar-refractivity contribution in [2.45, 2.75) is 12.7 Å². The number of halogens is 4. The van der Waals surface area contributed by atoms with Gasteiger partial charge in [0.15, 0.2) is 0 Å². The second kappa shape index (κ2) is 11.3. The number of methoxy groups -OCH3 is 1. The van der Waals surface area contributed by atoms with Gasteiger partial charge in [-0.2, -0.15) is 13.2 Å². The van der Waals surface area contributed by atoms with Crippen molar-refractivity contribution in [2.75, 3.05) is 38.2 Å². The Bertz CT molecular complexity index is 1650. The summed E-state index contributed by atoms with van der Waals surface area (Å²) in [6.07, 6.45) is -5.08. The highest BCUT2D eigenvalue weighted by atomic mass is 35.5. The molecule has 12 heteroatoms. The van der Waals surface area contributed by atoms with Gasteiger partial charge < -0.3 is 23.9 Å². The number of alkyl halides is 3. The molecule has 1 aliphatic rings. The molecule has 1 aromatic heterocycles. The molecule has 0 radical (unpaired) electrons. The van der Waals surface area contributed by atoms with Gasteiger partial charge in [-0.3, -0.25) is 9.69 Å². The molecule has 214 valence electrons. The molecule has 0 aliphatic carbocycles. The summed E-state index contributed by atoms with van der Waals surface area (Å²) in [7, 11) is 1.19. The van der Waals surface area contributed by atoms with Gasteiger partial charge in [-0.05, 0) is 54.6 Å². The number of esters is 1. The van der Waals surface area contributed by atoms with Crippen LogP contribution in [0.2, 0.25) is 5.02 Å². The number of phenols is 1. The number of carbonyl (C=O) groups is 1. The molecule has 1 N–H and O–H groups in total. The maximum atomic E-state index is 14.1.